The fourth-order valence-corrected chi connectivity index (χ4v) is 18.4. The molecule has 0 radical (unpaired) electrons. The molecule has 83 heavy (non-hydrogen) atoms. The molecule has 5 aliphatic heterocycles. The molecule has 6 heterocycles. The van der Waals surface area contributed by atoms with E-state index < -0.39 is 153 Å². The van der Waals surface area contributed by atoms with Crippen LogP contribution in [0.15, 0.2) is 66.9 Å². The van der Waals surface area contributed by atoms with Crippen LogP contribution in [0.3, 0.4) is 0 Å². The van der Waals surface area contributed by atoms with E-state index in [2.05, 4.69) is 15.6 Å². The van der Waals surface area contributed by atoms with Crippen LogP contribution >= 0.6 is 0 Å². The lowest BCUT2D eigenvalue weighted by atomic mass is 9.39. The van der Waals surface area contributed by atoms with Crippen LogP contribution in [0.4, 0.5) is 0 Å². The van der Waals surface area contributed by atoms with Crippen molar-refractivity contribution in [3.63, 3.8) is 0 Å². The zero-order valence-corrected chi connectivity index (χ0v) is 46.7. The molecule has 5 saturated carbocycles. The Bertz CT molecular complexity index is 3430. The first-order valence-corrected chi connectivity index (χ1v) is 29.0. The van der Waals surface area contributed by atoms with Crippen LogP contribution in [0.2, 0.25) is 0 Å². The number of benzene rings is 3. The van der Waals surface area contributed by atoms with E-state index in [1.807, 2.05) is 12.1 Å². The molecule has 2 spiro atoms. The van der Waals surface area contributed by atoms with Gasteiger partial charge in [-0.05, 0) is 88.1 Å². The summed E-state index contributed by atoms with van der Waals surface area (Å²) >= 11 is 0. The molecule has 7 N–H and O–H groups in total. The first kappa shape index (κ1) is 54.4. The van der Waals surface area contributed by atoms with Gasteiger partial charge in [-0.1, -0.05) is 50.1 Å². The van der Waals surface area contributed by atoms with Crippen molar-refractivity contribution in [2.45, 2.75) is 165 Å². The average molecular weight is 1150 g/mol. The van der Waals surface area contributed by atoms with E-state index in [0.717, 1.165) is 6.42 Å². The number of esters is 3. The number of nitrogens with zero attached hydrogens (tertiary/aromatic N) is 3. The molecule has 4 aromatic rings. The van der Waals surface area contributed by atoms with E-state index >= 15 is 0 Å². The number of phenolic OH excluding ortho intramolecular Hbond substituents is 1. The van der Waals surface area contributed by atoms with Gasteiger partial charge in [-0.25, -0.2) is 9.59 Å². The molecule has 22 nitrogen and oxygen atoms in total. The van der Waals surface area contributed by atoms with Crippen molar-refractivity contribution >= 4 is 29.6 Å². The third-order valence-electron chi connectivity index (χ3n) is 22.1. The lowest BCUT2D eigenvalue weighted by Gasteiger charge is -2.67. The van der Waals surface area contributed by atoms with E-state index in [0.29, 0.717) is 77.4 Å². The van der Waals surface area contributed by atoms with Gasteiger partial charge in [0.2, 0.25) is 11.7 Å². The van der Waals surface area contributed by atoms with Crippen LogP contribution in [-0.2, 0) is 61.6 Å². The molecule has 3 saturated heterocycles. The molecule has 3 aromatic carbocycles. The van der Waals surface area contributed by atoms with Gasteiger partial charge in [-0.3, -0.25) is 19.1 Å². The number of amides is 1. The lowest BCUT2D eigenvalue weighted by molar-refractivity contribution is -0.279. The van der Waals surface area contributed by atoms with Gasteiger partial charge in [0.05, 0.1) is 53.0 Å². The van der Waals surface area contributed by atoms with Gasteiger partial charge in [0, 0.05) is 77.8 Å². The zero-order valence-electron chi connectivity index (χ0n) is 46.7. The number of Topliss-reactive ketones (excluding diaryl/α,β-unsaturated/α-hetero) is 1. The van der Waals surface area contributed by atoms with Crippen molar-refractivity contribution in [2.75, 3.05) is 0 Å². The van der Waals surface area contributed by atoms with Gasteiger partial charge < -0.3 is 69.1 Å². The number of hydrogen-bond donors (Lipinski definition) is 7. The van der Waals surface area contributed by atoms with E-state index in [1.165, 1.54) is 32.9 Å². The molecule has 0 bridgehead atoms. The van der Waals surface area contributed by atoms with Crippen LogP contribution in [0.1, 0.15) is 113 Å². The molecule has 1 aromatic heterocycles. The monoisotopic (exact) mass is 1140 g/mol. The second kappa shape index (κ2) is 18.2. The molecule has 440 valence electrons. The van der Waals surface area contributed by atoms with Gasteiger partial charge in [0.1, 0.15) is 65.5 Å². The Morgan fingerprint density at radius 1 is 0.843 bits per heavy atom. The summed E-state index contributed by atoms with van der Waals surface area (Å²) in [5, 5.41) is 86.0. The summed E-state index contributed by atoms with van der Waals surface area (Å²) < 4.78 is 44.5. The number of carbonyl (C=O) groups is 5. The molecular formula is C61H68N4O18. The van der Waals surface area contributed by atoms with Crippen molar-refractivity contribution < 1.29 is 87.8 Å². The number of aliphatic hydroxyl groups excluding tert-OH is 4. The average Bonchev–Trinajstić information content (AvgIpc) is 1.61. The number of aromatic nitrogens is 3. The minimum atomic E-state index is -2.23. The van der Waals surface area contributed by atoms with Crippen LogP contribution in [-0.4, -0.2) is 141 Å². The van der Waals surface area contributed by atoms with E-state index in [1.54, 1.807) is 68.0 Å². The third kappa shape index (κ3) is 7.04. The number of ketones is 1. The Labute approximate surface area is 476 Å². The summed E-state index contributed by atoms with van der Waals surface area (Å²) in [6.07, 6.45) is -4.71. The Balaban J connectivity index is 0.649. The second-order valence-electron chi connectivity index (χ2n) is 25.8. The molecule has 2 unspecified atom stereocenters. The minimum Gasteiger partial charge on any atom is -0.508 e. The number of nitrogens with one attached hydrogen (secondary N) is 1. The molecule has 10 aliphatic rings. The topological polar surface area (TPSA) is 321 Å². The Morgan fingerprint density at radius 2 is 1.58 bits per heavy atom. The summed E-state index contributed by atoms with van der Waals surface area (Å²) in [5.74, 6) is -10.7. The highest BCUT2D eigenvalue weighted by atomic mass is 16.8. The number of epoxide rings is 2. The minimum absolute atomic E-state index is 0.0111. The predicted octanol–water partition coefficient (Wildman–Crippen LogP) is 3.49. The third-order valence-corrected chi connectivity index (χ3v) is 22.1. The maximum atomic E-state index is 14.9. The van der Waals surface area contributed by atoms with Crippen molar-refractivity contribution in [1.82, 2.24) is 20.3 Å². The van der Waals surface area contributed by atoms with Crippen LogP contribution in [0.25, 0.3) is 0 Å². The molecule has 1 amide bonds. The van der Waals surface area contributed by atoms with Crippen molar-refractivity contribution in [1.29, 1.82) is 0 Å². The fourth-order valence-electron chi connectivity index (χ4n) is 18.4. The number of phenols is 1. The quantitative estimate of drug-likeness (QED) is 0.0436. The van der Waals surface area contributed by atoms with Crippen LogP contribution in [0, 0.1) is 57.7 Å². The number of carbonyl (C=O) groups excluding carboxylic acids is 5. The molecule has 22 atom stereocenters. The smallest absolute Gasteiger partial charge is 0.341 e. The standard InChI is InChI=1S/C61H68N4O18/c1-26-42-45(57(5)58(6,76)55(75)83-61(57)53(26)81-61)48(71)43-41-44(50(78-28(3)67)52(73)59(42,43)27(2)66)56(4)36(23-39-49(80-39)51(56)72)46(47(41)70)62-40(69)15-9-7-8-12-20-65-24-29(63-64-65)25-77-31-17-19-35-38(22-31)79-37-21-30(68)16-18-34(37)60(35)33-14-11-10-13-32(33)54(74)82-60/h10-11,13-14,16-19,21-22,24,26,36,39,41-53,68,70-73,76H,7-9,12,15,20,23,25H2,1-6H3,(H,62,69)/t26-,36?,39-,41-,42-,43+,44+,45-,46-,47+,48+,49-,50-,51-,52-,53+,56-,57-,58+,59+,60?,61-/m0/s1. The van der Waals surface area contributed by atoms with Crippen molar-refractivity contribution in [2.24, 2.45) is 57.7 Å². The van der Waals surface area contributed by atoms with Gasteiger partial charge in [-0.15, -0.1) is 5.10 Å². The molecule has 8 fully saturated rings. The van der Waals surface area contributed by atoms with Crippen LogP contribution < -0.4 is 14.8 Å². The number of fused-ring (bicyclic) bond motifs is 15. The normalized spacial score (nSPS) is 42.9. The Hall–Kier alpha value is -6.53. The number of hydrogen-bond acceptors (Lipinski definition) is 20. The number of ether oxygens (including phenoxy) is 7. The maximum absolute atomic E-state index is 14.9. The van der Waals surface area contributed by atoms with Gasteiger partial charge in [-0.2, -0.15) is 0 Å². The Morgan fingerprint density at radius 3 is 2.34 bits per heavy atom. The molecular weight excluding hydrogens is 1080 g/mol. The van der Waals surface area contributed by atoms with Gasteiger partial charge in [0.25, 0.3) is 0 Å². The molecule has 14 rings (SSSR count). The van der Waals surface area contributed by atoms with E-state index in [4.69, 9.17) is 33.2 Å². The first-order chi connectivity index (χ1) is 39.5. The maximum Gasteiger partial charge on any atom is 0.341 e. The summed E-state index contributed by atoms with van der Waals surface area (Å²) in [7, 11) is 0. The SMILES string of the molecule is CC(=O)O[C@H]1[C@H]2[C@@H]([C@@H](O)[C@@H](NC(=O)CCCCCCn3cc(COc4ccc5c(c4)Oc4cc(O)ccc4C54OC(=O)c5ccccc54)nn3)C3C[C@@H]4O[C@@H]4[C@H](O)[C@@]32C)[C@@H]2[C@@H](O)[C@@H]3[C@H]([C@H](C)[C@H]4O[C@]45OC(=O)[C@@](C)(O)[C@]35C)[C@@]2(C(C)=O)[C@H]1O. The zero-order chi connectivity index (χ0) is 58.4. The summed E-state index contributed by atoms with van der Waals surface area (Å²) in [6.45, 7) is 9.54. The molecule has 5 aliphatic carbocycles. The van der Waals surface area contributed by atoms with Gasteiger partial charge >= 0.3 is 17.9 Å². The number of rotatable bonds is 13. The highest BCUT2D eigenvalue weighted by Gasteiger charge is 2.94. The number of aryl methyl sites for hydroxylation is 1. The summed E-state index contributed by atoms with van der Waals surface area (Å²) in [5.41, 5.74) is -5.63. The number of aromatic hydroxyl groups is 1. The van der Waals surface area contributed by atoms with E-state index in [-0.39, 0.29) is 24.7 Å². The highest BCUT2D eigenvalue weighted by Crippen LogP contribution is 2.81. The summed E-state index contributed by atoms with van der Waals surface area (Å²) in [6, 6.07) is 16.1. The lowest BCUT2D eigenvalue weighted by Crippen LogP contribution is -2.77. The Kier molecular flexibility index (Phi) is 12.0. The first-order valence-electron chi connectivity index (χ1n) is 29.0. The summed E-state index contributed by atoms with van der Waals surface area (Å²) in [4.78, 5) is 69.1. The van der Waals surface area contributed by atoms with E-state index in [9.17, 15) is 54.6 Å². The van der Waals surface area contributed by atoms with Crippen molar-refractivity contribution in [3.05, 3.63) is 94.8 Å². The predicted molar refractivity (Wildman–Crippen MR) is 282 cm³/mol. The van der Waals surface area contributed by atoms with Crippen LogP contribution in [0.5, 0.6) is 23.0 Å². The largest absolute Gasteiger partial charge is 0.508 e. The van der Waals surface area contributed by atoms with Gasteiger partial charge in [0.15, 0.2) is 11.2 Å². The fraction of sp³-hybridized carbons (Fsp3) is 0.590. The van der Waals surface area contributed by atoms with Crippen molar-refractivity contribution in [3.8, 4) is 23.0 Å². The number of unbranched alkanes of at least 4 members (excludes halogenated alkanes) is 3. The number of aliphatic hydroxyl groups is 5. The molecule has 22 heteroatoms. The second-order valence-corrected chi connectivity index (χ2v) is 25.8. The highest BCUT2D eigenvalue weighted by molar-refractivity contribution is 5.97.